The highest BCUT2D eigenvalue weighted by molar-refractivity contribution is 14.0. The number of hydrogen-bond acceptors (Lipinski definition) is 4. The lowest BCUT2D eigenvalue weighted by molar-refractivity contribution is 0.372. The molecular weight excluding hydrogens is 501 g/mol. The number of nitrogens with one attached hydrogen (secondary N) is 1. The Bertz CT molecular complexity index is 961. The molecule has 31 heavy (non-hydrogen) atoms. The monoisotopic (exact) mass is 531 g/mol. The fourth-order valence-electron chi connectivity index (χ4n) is 3.68. The van der Waals surface area contributed by atoms with Crippen LogP contribution >= 0.6 is 24.0 Å². The molecule has 8 heteroatoms. The molecule has 7 nitrogen and oxygen atoms in total. The van der Waals surface area contributed by atoms with Crippen LogP contribution in [0.25, 0.3) is 5.82 Å². The predicted octanol–water partition coefficient (Wildman–Crippen LogP) is 3.48. The molecule has 0 bridgehead atoms. The van der Waals surface area contributed by atoms with Crippen LogP contribution in [0.5, 0.6) is 0 Å². The minimum atomic E-state index is 0. The van der Waals surface area contributed by atoms with Gasteiger partial charge in [0, 0.05) is 57.0 Å². The van der Waals surface area contributed by atoms with Crippen molar-refractivity contribution in [2.75, 3.05) is 37.6 Å². The number of pyridine rings is 1. The Labute approximate surface area is 201 Å². The van der Waals surface area contributed by atoms with E-state index in [4.69, 9.17) is 4.99 Å². The zero-order chi connectivity index (χ0) is 20.8. The normalized spacial score (nSPS) is 14.3. The van der Waals surface area contributed by atoms with Gasteiger partial charge in [0.25, 0.3) is 0 Å². The third-order valence-electron chi connectivity index (χ3n) is 5.33. The van der Waals surface area contributed by atoms with Gasteiger partial charge in [0.2, 0.25) is 0 Å². The number of aromatic nitrogens is 3. The quantitative estimate of drug-likeness (QED) is 0.311. The molecule has 0 radical (unpaired) electrons. The van der Waals surface area contributed by atoms with Gasteiger partial charge in [-0.15, -0.1) is 24.0 Å². The van der Waals surface area contributed by atoms with Crippen molar-refractivity contribution in [3.05, 3.63) is 72.4 Å². The van der Waals surface area contributed by atoms with Gasteiger partial charge in [-0.1, -0.05) is 24.3 Å². The van der Waals surface area contributed by atoms with E-state index in [-0.39, 0.29) is 24.0 Å². The minimum absolute atomic E-state index is 0. The molecule has 164 valence electrons. The molecular formula is C23H30IN7. The van der Waals surface area contributed by atoms with Gasteiger partial charge in [-0.2, -0.15) is 0 Å². The van der Waals surface area contributed by atoms with Crippen molar-refractivity contribution in [2.24, 2.45) is 4.99 Å². The van der Waals surface area contributed by atoms with E-state index in [0.29, 0.717) is 6.54 Å². The molecule has 3 aromatic rings. The fourth-order valence-corrected chi connectivity index (χ4v) is 3.68. The Balaban J connectivity index is 0.00000272. The summed E-state index contributed by atoms with van der Waals surface area (Å²) >= 11 is 0. The minimum Gasteiger partial charge on any atom is -0.368 e. The Hall–Kier alpha value is -2.62. The van der Waals surface area contributed by atoms with Crippen molar-refractivity contribution >= 4 is 35.6 Å². The first-order valence-electron chi connectivity index (χ1n) is 10.5. The van der Waals surface area contributed by atoms with Crippen LogP contribution in [0.3, 0.4) is 0 Å². The van der Waals surface area contributed by atoms with Crippen LogP contribution in [0.1, 0.15) is 18.3 Å². The third-order valence-corrected chi connectivity index (χ3v) is 5.33. The van der Waals surface area contributed by atoms with E-state index in [0.717, 1.165) is 55.9 Å². The number of piperazine rings is 1. The van der Waals surface area contributed by atoms with Crippen LogP contribution in [-0.2, 0) is 6.54 Å². The topological polar surface area (TPSA) is 61.6 Å². The van der Waals surface area contributed by atoms with Crippen molar-refractivity contribution in [3.63, 3.8) is 0 Å². The number of aryl methyl sites for hydroxylation is 1. The lowest BCUT2D eigenvalue weighted by Crippen LogP contribution is -2.52. The maximum Gasteiger partial charge on any atom is 0.194 e. The Morgan fingerprint density at radius 1 is 1.03 bits per heavy atom. The molecule has 1 aliphatic rings. The van der Waals surface area contributed by atoms with Crippen molar-refractivity contribution < 1.29 is 0 Å². The molecule has 1 N–H and O–H groups in total. The number of nitrogens with zero attached hydrogens (tertiary/aromatic N) is 6. The Morgan fingerprint density at radius 3 is 2.42 bits per heavy atom. The van der Waals surface area contributed by atoms with Gasteiger partial charge >= 0.3 is 0 Å². The van der Waals surface area contributed by atoms with Crippen molar-refractivity contribution in [1.82, 2.24) is 24.8 Å². The first kappa shape index (κ1) is 23.1. The summed E-state index contributed by atoms with van der Waals surface area (Å²) in [4.78, 5) is 18.5. The SMILES string of the molecule is CCNC(=NCc1ccc(-n2ccnc2C)nc1)N1CCN(c2ccccc2)CC1.I. The van der Waals surface area contributed by atoms with E-state index in [1.54, 1.807) is 6.20 Å². The van der Waals surface area contributed by atoms with Crippen molar-refractivity contribution in [2.45, 2.75) is 20.4 Å². The maximum absolute atomic E-state index is 4.87. The van der Waals surface area contributed by atoms with Gasteiger partial charge in [-0.3, -0.25) is 4.57 Å². The molecule has 1 fully saturated rings. The number of para-hydroxylation sites is 1. The molecule has 0 amide bonds. The number of aliphatic imine (C=N–C) groups is 1. The van der Waals surface area contributed by atoms with E-state index in [9.17, 15) is 0 Å². The summed E-state index contributed by atoms with van der Waals surface area (Å²) in [7, 11) is 0. The van der Waals surface area contributed by atoms with Crippen LogP contribution in [0.2, 0.25) is 0 Å². The molecule has 1 aliphatic heterocycles. The zero-order valence-corrected chi connectivity index (χ0v) is 20.4. The number of rotatable bonds is 5. The molecule has 2 aromatic heterocycles. The summed E-state index contributed by atoms with van der Waals surface area (Å²) < 4.78 is 1.98. The maximum atomic E-state index is 4.87. The van der Waals surface area contributed by atoms with Gasteiger partial charge in [-0.05, 0) is 37.6 Å². The molecule has 4 rings (SSSR count). The second-order valence-electron chi connectivity index (χ2n) is 7.35. The summed E-state index contributed by atoms with van der Waals surface area (Å²) in [6.45, 7) is 9.45. The summed E-state index contributed by atoms with van der Waals surface area (Å²) in [5.41, 5.74) is 2.38. The second-order valence-corrected chi connectivity index (χ2v) is 7.35. The number of guanidine groups is 1. The average Bonchev–Trinajstić information content (AvgIpc) is 3.23. The van der Waals surface area contributed by atoms with E-state index >= 15 is 0 Å². The average molecular weight is 531 g/mol. The van der Waals surface area contributed by atoms with E-state index < -0.39 is 0 Å². The van der Waals surface area contributed by atoms with Gasteiger partial charge in [0.15, 0.2) is 5.96 Å². The fraction of sp³-hybridized carbons (Fsp3) is 0.348. The molecule has 0 unspecified atom stereocenters. The summed E-state index contributed by atoms with van der Waals surface area (Å²) in [6, 6.07) is 14.7. The van der Waals surface area contributed by atoms with E-state index in [2.05, 4.69) is 68.4 Å². The smallest absolute Gasteiger partial charge is 0.194 e. The second kappa shape index (κ2) is 11.1. The highest BCUT2D eigenvalue weighted by Crippen LogP contribution is 2.16. The zero-order valence-electron chi connectivity index (χ0n) is 18.1. The van der Waals surface area contributed by atoms with Crippen LogP contribution in [0.15, 0.2) is 66.0 Å². The molecule has 1 aromatic carbocycles. The summed E-state index contributed by atoms with van der Waals surface area (Å²) in [5, 5.41) is 3.44. The van der Waals surface area contributed by atoms with Gasteiger partial charge in [0.1, 0.15) is 11.6 Å². The Morgan fingerprint density at radius 2 is 1.81 bits per heavy atom. The van der Waals surface area contributed by atoms with E-state index in [1.807, 2.05) is 30.0 Å². The lowest BCUT2D eigenvalue weighted by Gasteiger charge is -2.37. The number of imidazole rings is 1. The van der Waals surface area contributed by atoms with Crippen LogP contribution in [-0.4, -0.2) is 58.1 Å². The summed E-state index contributed by atoms with van der Waals surface area (Å²) in [6.07, 6.45) is 5.61. The lowest BCUT2D eigenvalue weighted by atomic mass is 10.2. The van der Waals surface area contributed by atoms with E-state index in [1.165, 1.54) is 5.69 Å². The third kappa shape index (κ3) is 5.75. The van der Waals surface area contributed by atoms with Gasteiger partial charge in [-0.25, -0.2) is 15.0 Å². The van der Waals surface area contributed by atoms with Crippen LogP contribution < -0.4 is 10.2 Å². The first-order chi connectivity index (χ1) is 14.7. The van der Waals surface area contributed by atoms with Gasteiger partial charge < -0.3 is 15.1 Å². The van der Waals surface area contributed by atoms with Crippen molar-refractivity contribution in [3.8, 4) is 5.82 Å². The predicted molar refractivity (Wildman–Crippen MR) is 137 cm³/mol. The molecule has 0 spiro atoms. The van der Waals surface area contributed by atoms with Crippen LogP contribution in [0, 0.1) is 6.92 Å². The largest absolute Gasteiger partial charge is 0.368 e. The molecule has 0 atom stereocenters. The number of hydrogen-bond donors (Lipinski definition) is 1. The highest BCUT2D eigenvalue weighted by atomic mass is 127. The van der Waals surface area contributed by atoms with Crippen molar-refractivity contribution in [1.29, 1.82) is 0 Å². The van der Waals surface area contributed by atoms with Crippen LogP contribution in [0.4, 0.5) is 5.69 Å². The highest BCUT2D eigenvalue weighted by Gasteiger charge is 2.19. The first-order valence-corrected chi connectivity index (χ1v) is 10.5. The number of benzene rings is 1. The summed E-state index contributed by atoms with van der Waals surface area (Å²) in [5.74, 6) is 2.78. The Kier molecular flexibility index (Phi) is 8.27. The molecule has 1 saturated heterocycles. The molecule has 0 saturated carbocycles. The number of halogens is 1. The molecule has 0 aliphatic carbocycles. The standard InChI is InChI=1S/C23H29N7.HI/c1-3-24-23(29-15-13-28(14-16-29)21-7-5-4-6-8-21)27-18-20-9-10-22(26-17-20)30-12-11-25-19(30)2;/h4-12,17H,3,13-16,18H2,1-2H3,(H,24,27);1H. The van der Waals surface area contributed by atoms with Gasteiger partial charge in [0.05, 0.1) is 6.54 Å². The number of anilines is 1. The molecule has 3 heterocycles.